The molecule has 1 heterocycles. The molecule has 4 rings (SSSR count). The summed E-state index contributed by atoms with van der Waals surface area (Å²) in [5.74, 6) is 2.14. The molecule has 110 valence electrons. The van der Waals surface area contributed by atoms with Crippen LogP contribution >= 0.6 is 0 Å². The van der Waals surface area contributed by atoms with Crippen LogP contribution in [0.4, 0.5) is 11.6 Å². The van der Waals surface area contributed by atoms with Crippen LogP contribution < -0.4 is 9.80 Å². The molecule has 4 heteroatoms. The van der Waals surface area contributed by atoms with E-state index in [4.69, 9.17) is 9.97 Å². The van der Waals surface area contributed by atoms with Gasteiger partial charge in [-0.15, -0.1) is 0 Å². The molecule has 2 fully saturated rings. The molecular formula is C17H22N4. The van der Waals surface area contributed by atoms with Crippen molar-refractivity contribution in [2.45, 2.75) is 44.7 Å². The molecule has 1 aromatic heterocycles. The van der Waals surface area contributed by atoms with Crippen molar-refractivity contribution in [2.24, 2.45) is 0 Å². The summed E-state index contributed by atoms with van der Waals surface area (Å²) in [6.07, 6.45) is 5.13. The first-order valence-corrected chi connectivity index (χ1v) is 8.04. The Bertz CT molecular complexity index is 661. The third kappa shape index (κ3) is 2.33. The Morgan fingerprint density at radius 3 is 2.05 bits per heavy atom. The lowest BCUT2D eigenvalue weighted by atomic mass is 10.3. The highest BCUT2D eigenvalue weighted by Gasteiger charge is 2.34. The van der Waals surface area contributed by atoms with Gasteiger partial charge >= 0.3 is 0 Å². The van der Waals surface area contributed by atoms with Gasteiger partial charge in [-0.05, 0) is 44.7 Å². The van der Waals surface area contributed by atoms with Crippen LogP contribution in [-0.2, 0) is 0 Å². The molecule has 0 unspecified atom stereocenters. The summed E-state index contributed by atoms with van der Waals surface area (Å²) in [5.41, 5.74) is 2.00. The van der Waals surface area contributed by atoms with Crippen molar-refractivity contribution in [1.82, 2.24) is 9.97 Å². The summed E-state index contributed by atoms with van der Waals surface area (Å²) in [4.78, 5) is 14.7. The van der Waals surface area contributed by atoms with Crippen LogP contribution in [0, 0.1) is 0 Å². The molecule has 0 saturated heterocycles. The number of benzene rings is 1. The van der Waals surface area contributed by atoms with Gasteiger partial charge in [0.2, 0.25) is 0 Å². The van der Waals surface area contributed by atoms with Gasteiger partial charge in [-0.2, -0.15) is 0 Å². The Hall–Kier alpha value is -1.84. The van der Waals surface area contributed by atoms with Gasteiger partial charge in [0.05, 0.1) is 11.0 Å². The highest BCUT2D eigenvalue weighted by molar-refractivity contribution is 5.81. The van der Waals surface area contributed by atoms with Crippen molar-refractivity contribution >= 4 is 22.7 Å². The SMILES string of the molecule is CCN(c1nc2ccccc2nc1N(C)C1CC1)C1CC1. The van der Waals surface area contributed by atoms with Gasteiger partial charge in [-0.3, -0.25) is 0 Å². The Kier molecular flexibility index (Phi) is 2.98. The van der Waals surface area contributed by atoms with Crippen LogP contribution in [0.3, 0.4) is 0 Å². The van der Waals surface area contributed by atoms with Crippen molar-refractivity contribution < 1.29 is 0 Å². The normalized spacial score (nSPS) is 18.0. The van der Waals surface area contributed by atoms with Crippen LogP contribution in [0.1, 0.15) is 32.6 Å². The summed E-state index contributed by atoms with van der Waals surface area (Å²) in [5, 5.41) is 0. The molecule has 0 aliphatic heterocycles. The molecule has 0 N–H and O–H groups in total. The van der Waals surface area contributed by atoms with E-state index in [2.05, 4.69) is 35.9 Å². The van der Waals surface area contributed by atoms with Gasteiger partial charge in [0.15, 0.2) is 11.6 Å². The predicted octanol–water partition coefficient (Wildman–Crippen LogP) is 3.22. The van der Waals surface area contributed by atoms with Crippen molar-refractivity contribution in [3.8, 4) is 0 Å². The minimum atomic E-state index is 0.650. The fraction of sp³-hybridized carbons (Fsp3) is 0.529. The van der Waals surface area contributed by atoms with Crippen molar-refractivity contribution in [1.29, 1.82) is 0 Å². The second kappa shape index (κ2) is 4.86. The quantitative estimate of drug-likeness (QED) is 0.843. The first-order valence-electron chi connectivity index (χ1n) is 8.04. The molecule has 2 saturated carbocycles. The van der Waals surface area contributed by atoms with Gasteiger partial charge < -0.3 is 9.80 Å². The third-order valence-electron chi connectivity index (χ3n) is 4.56. The Morgan fingerprint density at radius 2 is 1.52 bits per heavy atom. The number of anilines is 2. The van der Waals surface area contributed by atoms with Crippen LogP contribution in [-0.4, -0.2) is 35.6 Å². The molecule has 0 atom stereocenters. The zero-order chi connectivity index (χ0) is 14.4. The predicted molar refractivity (Wildman–Crippen MR) is 87.0 cm³/mol. The minimum absolute atomic E-state index is 0.650. The molecule has 1 aromatic carbocycles. The maximum absolute atomic E-state index is 4.96. The third-order valence-corrected chi connectivity index (χ3v) is 4.56. The standard InChI is InChI=1S/C17H22N4/c1-3-21(13-10-11-13)17-16(20(2)12-8-9-12)18-14-6-4-5-7-15(14)19-17/h4-7,12-13H,3,8-11H2,1-2H3. The summed E-state index contributed by atoms with van der Waals surface area (Å²) >= 11 is 0. The first-order chi connectivity index (χ1) is 10.3. The second-order valence-electron chi connectivity index (χ2n) is 6.22. The van der Waals surface area contributed by atoms with E-state index in [1.54, 1.807) is 0 Å². The number of aromatic nitrogens is 2. The summed E-state index contributed by atoms with van der Waals surface area (Å²) in [6, 6.07) is 9.51. The number of hydrogen-bond acceptors (Lipinski definition) is 4. The zero-order valence-electron chi connectivity index (χ0n) is 12.8. The van der Waals surface area contributed by atoms with Crippen molar-refractivity contribution in [2.75, 3.05) is 23.4 Å². The highest BCUT2D eigenvalue weighted by atomic mass is 15.3. The summed E-state index contributed by atoms with van der Waals surface area (Å²) < 4.78 is 0. The van der Waals surface area contributed by atoms with E-state index in [-0.39, 0.29) is 0 Å². The smallest absolute Gasteiger partial charge is 0.172 e. The monoisotopic (exact) mass is 282 g/mol. The summed E-state index contributed by atoms with van der Waals surface area (Å²) in [7, 11) is 2.17. The molecule has 2 aromatic rings. The number of rotatable bonds is 5. The fourth-order valence-corrected chi connectivity index (χ4v) is 3.01. The maximum Gasteiger partial charge on any atom is 0.172 e. The molecule has 21 heavy (non-hydrogen) atoms. The van der Waals surface area contributed by atoms with Gasteiger partial charge in [-0.1, -0.05) is 12.1 Å². The topological polar surface area (TPSA) is 32.3 Å². The molecular weight excluding hydrogens is 260 g/mol. The number of hydrogen-bond donors (Lipinski definition) is 0. The van der Waals surface area contributed by atoms with E-state index in [1.807, 2.05) is 12.1 Å². The van der Waals surface area contributed by atoms with Gasteiger partial charge in [0, 0.05) is 25.7 Å². The van der Waals surface area contributed by atoms with E-state index in [1.165, 1.54) is 25.7 Å². The summed E-state index contributed by atoms with van der Waals surface area (Å²) in [6.45, 7) is 3.22. The molecule has 4 nitrogen and oxygen atoms in total. The van der Waals surface area contributed by atoms with E-state index < -0.39 is 0 Å². The Morgan fingerprint density at radius 1 is 0.952 bits per heavy atom. The first kappa shape index (κ1) is 12.9. The number of fused-ring (bicyclic) bond motifs is 1. The number of para-hydroxylation sites is 2. The molecule has 0 bridgehead atoms. The van der Waals surface area contributed by atoms with Crippen LogP contribution in [0.5, 0.6) is 0 Å². The van der Waals surface area contributed by atoms with Gasteiger partial charge in [0.25, 0.3) is 0 Å². The minimum Gasteiger partial charge on any atom is -0.354 e. The van der Waals surface area contributed by atoms with Crippen molar-refractivity contribution in [3.05, 3.63) is 24.3 Å². The van der Waals surface area contributed by atoms with Crippen molar-refractivity contribution in [3.63, 3.8) is 0 Å². The fourth-order valence-electron chi connectivity index (χ4n) is 3.01. The molecule has 2 aliphatic carbocycles. The lowest BCUT2D eigenvalue weighted by Crippen LogP contribution is -2.30. The highest BCUT2D eigenvalue weighted by Crippen LogP contribution is 2.39. The van der Waals surface area contributed by atoms with E-state index >= 15 is 0 Å². The van der Waals surface area contributed by atoms with E-state index in [0.29, 0.717) is 12.1 Å². The molecule has 2 aliphatic rings. The van der Waals surface area contributed by atoms with Crippen LogP contribution in [0.25, 0.3) is 11.0 Å². The van der Waals surface area contributed by atoms with Gasteiger partial charge in [-0.25, -0.2) is 9.97 Å². The Labute approximate surface area is 125 Å². The Balaban J connectivity index is 1.85. The molecule has 0 radical (unpaired) electrons. The van der Waals surface area contributed by atoms with Crippen LogP contribution in [0.2, 0.25) is 0 Å². The average Bonchev–Trinajstić information content (AvgIpc) is 3.39. The number of nitrogens with zero attached hydrogens (tertiary/aromatic N) is 4. The largest absolute Gasteiger partial charge is 0.354 e. The van der Waals surface area contributed by atoms with Gasteiger partial charge in [0.1, 0.15) is 0 Å². The maximum atomic E-state index is 4.96. The lowest BCUT2D eigenvalue weighted by molar-refractivity contribution is 0.794. The average molecular weight is 282 g/mol. The zero-order valence-corrected chi connectivity index (χ0v) is 12.8. The molecule has 0 spiro atoms. The van der Waals surface area contributed by atoms with E-state index in [0.717, 1.165) is 29.2 Å². The molecule has 0 amide bonds. The lowest BCUT2D eigenvalue weighted by Gasteiger charge is -2.28. The van der Waals surface area contributed by atoms with Crippen LogP contribution in [0.15, 0.2) is 24.3 Å². The van der Waals surface area contributed by atoms with E-state index in [9.17, 15) is 0 Å². The second-order valence-corrected chi connectivity index (χ2v) is 6.22.